The van der Waals surface area contributed by atoms with E-state index >= 15 is 0 Å². The van der Waals surface area contributed by atoms with E-state index in [9.17, 15) is 4.79 Å². The molecule has 0 atom stereocenters. The first kappa shape index (κ1) is 18.7. The summed E-state index contributed by atoms with van der Waals surface area (Å²) in [6.07, 6.45) is 2.86. The van der Waals surface area contributed by atoms with Crippen LogP contribution in [-0.4, -0.2) is 29.6 Å². The molecule has 0 fully saturated rings. The third kappa shape index (κ3) is 3.69. The van der Waals surface area contributed by atoms with Crippen molar-refractivity contribution in [2.75, 3.05) is 0 Å². The molecule has 0 saturated carbocycles. The highest BCUT2D eigenvalue weighted by Crippen LogP contribution is 2.20. The van der Waals surface area contributed by atoms with E-state index < -0.39 is 0 Å². The summed E-state index contributed by atoms with van der Waals surface area (Å²) >= 11 is 0. The molecule has 0 spiro atoms. The smallest absolute Gasteiger partial charge is 0.368 e. The average Bonchev–Trinajstić information content (AvgIpc) is 3.34. The number of aromatic nitrogens is 6. The SMILES string of the molecule is CCc1ccc(-n2ccc(OCc3c(C)cccc3-n3nnn(C)c3=O)n2)cc1. The Labute approximate surface area is 168 Å². The Morgan fingerprint density at radius 3 is 2.52 bits per heavy atom. The second-order valence-electron chi connectivity index (χ2n) is 6.78. The molecular weight excluding hydrogens is 368 g/mol. The summed E-state index contributed by atoms with van der Waals surface area (Å²) in [5.41, 5.74) is 4.45. The van der Waals surface area contributed by atoms with Gasteiger partial charge in [-0.1, -0.05) is 31.2 Å². The average molecular weight is 390 g/mol. The van der Waals surface area contributed by atoms with Crippen LogP contribution in [0, 0.1) is 6.92 Å². The maximum Gasteiger partial charge on any atom is 0.368 e. The first-order chi connectivity index (χ1) is 14.1. The minimum atomic E-state index is -0.309. The van der Waals surface area contributed by atoms with Crippen molar-refractivity contribution >= 4 is 0 Å². The zero-order chi connectivity index (χ0) is 20.4. The first-order valence-electron chi connectivity index (χ1n) is 9.42. The fourth-order valence-electron chi connectivity index (χ4n) is 3.10. The number of ether oxygens (including phenoxy) is 1. The van der Waals surface area contributed by atoms with Gasteiger partial charge in [0.05, 0.1) is 11.4 Å². The fourth-order valence-corrected chi connectivity index (χ4v) is 3.10. The van der Waals surface area contributed by atoms with Gasteiger partial charge < -0.3 is 4.74 Å². The molecule has 29 heavy (non-hydrogen) atoms. The second kappa shape index (κ2) is 7.75. The van der Waals surface area contributed by atoms with Crippen molar-refractivity contribution in [2.24, 2.45) is 7.05 Å². The molecule has 2 aromatic carbocycles. The molecule has 0 radical (unpaired) electrons. The summed E-state index contributed by atoms with van der Waals surface area (Å²) in [6.45, 7) is 4.36. The Hall–Kier alpha value is -3.68. The number of aryl methyl sites for hydroxylation is 3. The molecule has 0 unspecified atom stereocenters. The monoisotopic (exact) mass is 390 g/mol. The number of tetrazole rings is 1. The Balaban J connectivity index is 1.56. The van der Waals surface area contributed by atoms with Crippen molar-refractivity contribution in [3.05, 3.63) is 81.9 Å². The molecule has 8 nitrogen and oxygen atoms in total. The molecule has 0 aliphatic carbocycles. The molecule has 8 heteroatoms. The lowest BCUT2D eigenvalue weighted by Crippen LogP contribution is -2.23. The minimum Gasteiger partial charge on any atom is -0.472 e. The molecule has 0 N–H and O–H groups in total. The van der Waals surface area contributed by atoms with Gasteiger partial charge >= 0.3 is 5.69 Å². The maximum atomic E-state index is 12.3. The molecule has 4 rings (SSSR count). The topological polar surface area (TPSA) is 79.8 Å². The lowest BCUT2D eigenvalue weighted by atomic mass is 10.1. The van der Waals surface area contributed by atoms with E-state index in [0.29, 0.717) is 11.6 Å². The normalized spacial score (nSPS) is 11.0. The summed E-state index contributed by atoms with van der Waals surface area (Å²) in [7, 11) is 1.57. The van der Waals surface area contributed by atoms with Gasteiger partial charge in [-0.15, -0.1) is 5.10 Å². The Kier molecular flexibility index (Phi) is 4.99. The van der Waals surface area contributed by atoms with Gasteiger partial charge in [-0.25, -0.2) is 9.48 Å². The molecule has 0 aliphatic rings. The summed E-state index contributed by atoms with van der Waals surface area (Å²) in [5.74, 6) is 0.505. The van der Waals surface area contributed by atoms with Crippen LogP contribution in [0.2, 0.25) is 0 Å². The van der Waals surface area contributed by atoms with E-state index in [1.807, 2.05) is 49.5 Å². The van der Waals surface area contributed by atoms with Crippen LogP contribution in [-0.2, 0) is 20.1 Å². The molecular formula is C21H22N6O2. The summed E-state index contributed by atoms with van der Waals surface area (Å²) in [6, 6.07) is 15.8. The number of hydrogen-bond acceptors (Lipinski definition) is 5. The van der Waals surface area contributed by atoms with Gasteiger partial charge in [-0.3, -0.25) is 0 Å². The number of benzene rings is 2. The van der Waals surface area contributed by atoms with Crippen molar-refractivity contribution in [3.63, 3.8) is 0 Å². The number of nitrogens with zero attached hydrogens (tertiary/aromatic N) is 6. The third-order valence-electron chi connectivity index (χ3n) is 4.87. The zero-order valence-electron chi connectivity index (χ0n) is 16.6. The van der Waals surface area contributed by atoms with Crippen molar-refractivity contribution in [2.45, 2.75) is 26.9 Å². The summed E-state index contributed by atoms with van der Waals surface area (Å²) < 4.78 is 10.2. The van der Waals surface area contributed by atoms with Crippen LogP contribution < -0.4 is 10.4 Å². The van der Waals surface area contributed by atoms with E-state index in [-0.39, 0.29) is 12.3 Å². The highest BCUT2D eigenvalue weighted by molar-refractivity contribution is 5.44. The standard InChI is InChI=1S/C21H22N6O2/c1-4-16-8-10-17(11-9-16)26-13-12-20(22-26)29-14-18-15(2)6-5-7-19(18)27-21(28)25(3)23-24-27/h5-13H,4,14H2,1-3H3. The largest absolute Gasteiger partial charge is 0.472 e. The van der Waals surface area contributed by atoms with Crippen LogP contribution in [0.4, 0.5) is 0 Å². The molecule has 0 bridgehead atoms. The van der Waals surface area contributed by atoms with Crippen LogP contribution >= 0.6 is 0 Å². The molecule has 4 aromatic rings. The second-order valence-corrected chi connectivity index (χ2v) is 6.78. The third-order valence-corrected chi connectivity index (χ3v) is 4.87. The van der Waals surface area contributed by atoms with Crippen molar-refractivity contribution < 1.29 is 4.74 Å². The highest BCUT2D eigenvalue weighted by atomic mass is 16.5. The van der Waals surface area contributed by atoms with Crippen LogP contribution in [0.1, 0.15) is 23.6 Å². The quantitative estimate of drug-likeness (QED) is 0.506. The molecule has 148 valence electrons. The molecule has 0 amide bonds. The highest BCUT2D eigenvalue weighted by Gasteiger charge is 2.14. The number of rotatable bonds is 6. The molecule has 0 saturated heterocycles. The molecule has 2 aromatic heterocycles. The predicted molar refractivity (Wildman–Crippen MR) is 109 cm³/mol. The summed E-state index contributed by atoms with van der Waals surface area (Å²) in [5, 5.41) is 12.2. The fraction of sp³-hybridized carbons (Fsp3) is 0.238. The molecule has 0 aliphatic heterocycles. The van der Waals surface area contributed by atoms with E-state index in [0.717, 1.165) is 23.2 Å². The van der Waals surface area contributed by atoms with Gasteiger partial charge in [0, 0.05) is 24.9 Å². The number of hydrogen-bond donors (Lipinski definition) is 0. The van der Waals surface area contributed by atoms with E-state index in [4.69, 9.17) is 4.74 Å². The van der Waals surface area contributed by atoms with Gasteiger partial charge in [0.1, 0.15) is 6.61 Å². The van der Waals surface area contributed by atoms with E-state index in [1.165, 1.54) is 14.9 Å². The first-order valence-corrected chi connectivity index (χ1v) is 9.42. The Bertz CT molecular complexity index is 1190. The van der Waals surface area contributed by atoms with Gasteiger partial charge in [0.25, 0.3) is 0 Å². The van der Waals surface area contributed by atoms with Crippen LogP contribution in [0.25, 0.3) is 11.4 Å². The van der Waals surface area contributed by atoms with E-state index in [1.54, 1.807) is 11.7 Å². The zero-order valence-corrected chi connectivity index (χ0v) is 16.6. The van der Waals surface area contributed by atoms with Gasteiger partial charge in [0.2, 0.25) is 5.88 Å². The summed E-state index contributed by atoms with van der Waals surface area (Å²) in [4.78, 5) is 12.3. The van der Waals surface area contributed by atoms with Crippen molar-refractivity contribution in [1.82, 2.24) is 29.6 Å². The van der Waals surface area contributed by atoms with Crippen LogP contribution in [0.15, 0.2) is 59.5 Å². The Morgan fingerprint density at radius 2 is 1.83 bits per heavy atom. The maximum absolute atomic E-state index is 12.3. The van der Waals surface area contributed by atoms with Gasteiger partial charge in [0.15, 0.2) is 0 Å². The Morgan fingerprint density at radius 1 is 1.03 bits per heavy atom. The van der Waals surface area contributed by atoms with Crippen molar-refractivity contribution in [1.29, 1.82) is 0 Å². The lowest BCUT2D eigenvalue weighted by molar-refractivity contribution is 0.290. The molecule has 2 heterocycles. The van der Waals surface area contributed by atoms with Crippen LogP contribution in [0.3, 0.4) is 0 Å². The minimum absolute atomic E-state index is 0.261. The van der Waals surface area contributed by atoms with Gasteiger partial charge in [-0.2, -0.15) is 9.36 Å². The van der Waals surface area contributed by atoms with Crippen molar-refractivity contribution in [3.8, 4) is 17.3 Å². The predicted octanol–water partition coefficient (Wildman–Crippen LogP) is 2.60. The van der Waals surface area contributed by atoms with E-state index in [2.05, 4.69) is 34.6 Å². The van der Waals surface area contributed by atoms with Gasteiger partial charge in [-0.05, 0) is 53.1 Å². The lowest BCUT2D eigenvalue weighted by Gasteiger charge is -2.11. The van der Waals surface area contributed by atoms with Crippen LogP contribution in [0.5, 0.6) is 5.88 Å².